The van der Waals surface area contributed by atoms with Gasteiger partial charge in [-0.3, -0.25) is 4.79 Å². The fraction of sp³-hybridized carbons (Fsp3) is 0.909. The highest BCUT2D eigenvalue weighted by Gasteiger charge is 2.30. The first-order valence-corrected chi connectivity index (χ1v) is 5.49. The van der Waals surface area contributed by atoms with Gasteiger partial charge >= 0.3 is 0 Å². The number of carbonyl (C=O) groups excluding carboxylic acids is 1. The Bertz CT molecular complexity index is 209. The zero-order valence-electron chi connectivity index (χ0n) is 9.68. The molecule has 0 aromatic rings. The van der Waals surface area contributed by atoms with E-state index in [4.69, 9.17) is 0 Å². The lowest BCUT2D eigenvalue weighted by molar-refractivity contribution is -0.128. The van der Waals surface area contributed by atoms with Gasteiger partial charge in [-0.1, -0.05) is 13.8 Å². The summed E-state index contributed by atoms with van der Waals surface area (Å²) in [6.07, 6.45) is 0.967. The predicted octanol–water partition coefficient (Wildman–Crippen LogP) is 1.15. The van der Waals surface area contributed by atoms with Crippen molar-refractivity contribution in [1.82, 2.24) is 10.6 Å². The number of nitrogens with one attached hydrogen (secondary N) is 2. The average molecular weight is 198 g/mol. The Morgan fingerprint density at radius 1 is 1.57 bits per heavy atom. The van der Waals surface area contributed by atoms with Gasteiger partial charge in [0.2, 0.25) is 5.91 Å². The molecule has 14 heavy (non-hydrogen) atoms. The zero-order chi connectivity index (χ0) is 10.8. The van der Waals surface area contributed by atoms with Gasteiger partial charge in [-0.15, -0.1) is 0 Å². The molecule has 1 heterocycles. The molecular weight excluding hydrogens is 176 g/mol. The van der Waals surface area contributed by atoms with Crippen LogP contribution in [0.2, 0.25) is 0 Å². The molecular formula is C11H22N2O. The van der Waals surface area contributed by atoms with Crippen LogP contribution in [0.4, 0.5) is 0 Å². The Balaban J connectivity index is 2.40. The summed E-state index contributed by atoms with van der Waals surface area (Å²) in [6.45, 7) is 10.2. The zero-order valence-corrected chi connectivity index (χ0v) is 9.68. The van der Waals surface area contributed by atoms with Crippen molar-refractivity contribution in [3.8, 4) is 0 Å². The number of carbonyl (C=O) groups is 1. The maximum absolute atomic E-state index is 11.8. The summed E-state index contributed by atoms with van der Waals surface area (Å²) in [4.78, 5) is 11.8. The second kappa shape index (κ2) is 4.30. The lowest BCUT2D eigenvalue weighted by atomic mass is 9.87. The van der Waals surface area contributed by atoms with Gasteiger partial charge in [0, 0.05) is 11.5 Å². The van der Waals surface area contributed by atoms with Crippen LogP contribution in [0, 0.1) is 11.8 Å². The van der Waals surface area contributed by atoms with Crippen LogP contribution in [-0.2, 0) is 4.79 Å². The molecule has 0 radical (unpaired) electrons. The highest BCUT2D eigenvalue weighted by molar-refractivity contribution is 5.79. The lowest BCUT2D eigenvalue weighted by Gasteiger charge is -2.34. The van der Waals surface area contributed by atoms with Crippen molar-refractivity contribution in [2.45, 2.75) is 39.7 Å². The highest BCUT2D eigenvalue weighted by Crippen LogP contribution is 2.17. The highest BCUT2D eigenvalue weighted by atomic mass is 16.2. The molecule has 1 aliphatic rings. The molecule has 0 spiro atoms. The number of rotatable bonds is 4. The Morgan fingerprint density at radius 3 is 2.50 bits per heavy atom. The molecule has 3 nitrogen and oxygen atoms in total. The lowest BCUT2D eigenvalue weighted by Crippen LogP contribution is -2.53. The molecule has 0 aliphatic carbocycles. The minimum Gasteiger partial charge on any atom is -0.351 e. The van der Waals surface area contributed by atoms with Crippen LogP contribution in [-0.4, -0.2) is 24.5 Å². The van der Waals surface area contributed by atoms with Crippen molar-refractivity contribution in [2.24, 2.45) is 11.8 Å². The molecule has 1 unspecified atom stereocenters. The Morgan fingerprint density at radius 2 is 2.14 bits per heavy atom. The second-order valence-corrected chi connectivity index (χ2v) is 4.93. The monoisotopic (exact) mass is 198 g/mol. The summed E-state index contributed by atoms with van der Waals surface area (Å²) < 4.78 is 0. The molecule has 1 amide bonds. The standard InChI is InChI=1S/C11H22N2O/c1-5-11(3,4)13-10(14)8(2)9-6-12-7-9/h8-9,12H,5-7H2,1-4H3,(H,13,14). The van der Waals surface area contributed by atoms with Gasteiger partial charge in [0.25, 0.3) is 0 Å². The van der Waals surface area contributed by atoms with Gasteiger partial charge in [-0.05, 0) is 39.3 Å². The van der Waals surface area contributed by atoms with Crippen molar-refractivity contribution in [2.75, 3.05) is 13.1 Å². The largest absolute Gasteiger partial charge is 0.351 e. The maximum Gasteiger partial charge on any atom is 0.223 e. The number of amides is 1. The topological polar surface area (TPSA) is 41.1 Å². The number of hydrogen-bond acceptors (Lipinski definition) is 2. The van der Waals surface area contributed by atoms with Crippen molar-refractivity contribution in [3.63, 3.8) is 0 Å². The van der Waals surface area contributed by atoms with Gasteiger partial charge in [-0.2, -0.15) is 0 Å². The summed E-state index contributed by atoms with van der Waals surface area (Å²) in [5, 5.41) is 6.28. The molecule has 1 fully saturated rings. The van der Waals surface area contributed by atoms with Crippen LogP contribution in [0.1, 0.15) is 34.1 Å². The quantitative estimate of drug-likeness (QED) is 0.711. The summed E-state index contributed by atoms with van der Waals surface area (Å²) in [5.74, 6) is 0.869. The molecule has 0 saturated carbocycles. The molecule has 0 aromatic heterocycles. The molecule has 1 rings (SSSR count). The molecule has 1 atom stereocenters. The van der Waals surface area contributed by atoms with E-state index in [1.807, 2.05) is 6.92 Å². The van der Waals surface area contributed by atoms with Crippen molar-refractivity contribution < 1.29 is 4.79 Å². The third-order valence-corrected chi connectivity index (χ3v) is 3.28. The first kappa shape index (κ1) is 11.5. The third-order valence-electron chi connectivity index (χ3n) is 3.28. The Kier molecular flexibility index (Phi) is 3.53. The summed E-state index contributed by atoms with van der Waals surface area (Å²) in [6, 6.07) is 0. The van der Waals surface area contributed by atoms with E-state index < -0.39 is 0 Å². The van der Waals surface area contributed by atoms with Crippen LogP contribution in [0.5, 0.6) is 0 Å². The fourth-order valence-corrected chi connectivity index (χ4v) is 1.41. The first-order valence-electron chi connectivity index (χ1n) is 5.49. The molecule has 0 aromatic carbocycles. The van der Waals surface area contributed by atoms with Gasteiger partial charge in [-0.25, -0.2) is 0 Å². The minimum absolute atomic E-state index is 0.0669. The summed E-state index contributed by atoms with van der Waals surface area (Å²) in [5.41, 5.74) is -0.0669. The normalized spacial score (nSPS) is 20.0. The van der Waals surface area contributed by atoms with E-state index in [-0.39, 0.29) is 17.4 Å². The first-order chi connectivity index (χ1) is 6.46. The SMILES string of the molecule is CCC(C)(C)NC(=O)C(C)C1CNC1. The fourth-order valence-electron chi connectivity index (χ4n) is 1.41. The van der Waals surface area contributed by atoms with E-state index in [1.54, 1.807) is 0 Å². The van der Waals surface area contributed by atoms with Crippen LogP contribution >= 0.6 is 0 Å². The van der Waals surface area contributed by atoms with Crippen LogP contribution in [0.15, 0.2) is 0 Å². The van der Waals surface area contributed by atoms with E-state index in [2.05, 4.69) is 31.4 Å². The second-order valence-electron chi connectivity index (χ2n) is 4.93. The molecule has 0 bridgehead atoms. The van der Waals surface area contributed by atoms with E-state index >= 15 is 0 Å². The smallest absolute Gasteiger partial charge is 0.223 e. The summed E-state index contributed by atoms with van der Waals surface area (Å²) >= 11 is 0. The third kappa shape index (κ3) is 2.71. The number of hydrogen-bond donors (Lipinski definition) is 2. The van der Waals surface area contributed by atoms with Crippen molar-refractivity contribution in [3.05, 3.63) is 0 Å². The molecule has 1 aliphatic heterocycles. The van der Waals surface area contributed by atoms with Gasteiger partial charge < -0.3 is 10.6 Å². The van der Waals surface area contributed by atoms with Crippen LogP contribution in [0.3, 0.4) is 0 Å². The molecule has 3 heteroatoms. The average Bonchev–Trinajstić information content (AvgIpc) is 2.00. The van der Waals surface area contributed by atoms with E-state index in [0.29, 0.717) is 5.92 Å². The van der Waals surface area contributed by atoms with Gasteiger partial charge in [0.15, 0.2) is 0 Å². The van der Waals surface area contributed by atoms with Crippen molar-refractivity contribution >= 4 is 5.91 Å². The molecule has 2 N–H and O–H groups in total. The van der Waals surface area contributed by atoms with E-state index in [0.717, 1.165) is 19.5 Å². The van der Waals surface area contributed by atoms with Crippen LogP contribution in [0.25, 0.3) is 0 Å². The van der Waals surface area contributed by atoms with E-state index in [9.17, 15) is 4.79 Å². The van der Waals surface area contributed by atoms with Gasteiger partial charge in [0.05, 0.1) is 0 Å². The minimum atomic E-state index is -0.0669. The molecule has 82 valence electrons. The van der Waals surface area contributed by atoms with E-state index in [1.165, 1.54) is 0 Å². The Labute approximate surface area is 86.6 Å². The summed E-state index contributed by atoms with van der Waals surface area (Å²) in [7, 11) is 0. The Hall–Kier alpha value is -0.570. The predicted molar refractivity (Wildman–Crippen MR) is 58.0 cm³/mol. The van der Waals surface area contributed by atoms with Gasteiger partial charge in [0.1, 0.15) is 0 Å². The molecule has 1 saturated heterocycles. The van der Waals surface area contributed by atoms with Crippen molar-refractivity contribution in [1.29, 1.82) is 0 Å². The van der Waals surface area contributed by atoms with Crippen LogP contribution < -0.4 is 10.6 Å². The maximum atomic E-state index is 11.8.